The molecule has 7 aromatic carbocycles. The molecule has 0 saturated carbocycles. The van der Waals surface area contributed by atoms with Crippen LogP contribution in [0, 0.1) is 0 Å². The molecule has 9 aromatic rings. The van der Waals surface area contributed by atoms with Gasteiger partial charge in [0.1, 0.15) is 0 Å². The van der Waals surface area contributed by atoms with Gasteiger partial charge in [-0.2, -0.15) is 0 Å². The maximum Gasteiger partial charge on any atom is 0.328 e. The van der Waals surface area contributed by atoms with Gasteiger partial charge in [-0.25, -0.2) is 19.7 Å². The summed E-state index contributed by atoms with van der Waals surface area (Å²) in [6.45, 7) is 0. The van der Waals surface area contributed by atoms with Crippen molar-refractivity contribution in [3.05, 3.63) is 174 Å². The molecule has 0 N–H and O–H groups in total. The summed E-state index contributed by atoms with van der Waals surface area (Å²) in [6.07, 6.45) is 0. The van der Waals surface area contributed by atoms with Gasteiger partial charge in [0.25, 0.3) is 0 Å². The van der Waals surface area contributed by atoms with Crippen molar-refractivity contribution >= 4 is 21.8 Å². The Morgan fingerprint density at radius 3 is 1.37 bits per heavy atom. The molecule has 0 saturated heterocycles. The van der Waals surface area contributed by atoms with Crippen LogP contribution in [0.3, 0.4) is 0 Å². The quantitative estimate of drug-likeness (QED) is 0.177. The van der Waals surface area contributed by atoms with Gasteiger partial charge in [0.05, 0.1) is 11.0 Å². The number of imidazole rings is 1. The highest BCUT2D eigenvalue weighted by atomic mass is 16.1. The topological polar surface area (TPSA) is 65.6 Å². The standard InChI is InChI=1S/C46H33N5O/c1-50-41-19-11-18-40(42(41)51(2)46(50)52)39-29-28-36(37-16-9-10-17-38(37)39)32-24-20-30(21-25-32)31-22-26-35(27-23-31)45-48-43(33-12-5-3-6-13-33)47-44(49-45)34-14-7-4-8-15-34/h3-29H,1-2H3. The van der Waals surface area contributed by atoms with Crippen LogP contribution in [0.5, 0.6) is 0 Å². The molecule has 0 bridgehead atoms. The Labute approximate surface area is 301 Å². The maximum absolute atomic E-state index is 12.8. The molecule has 0 aliphatic carbocycles. The molecule has 6 heteroatoms. The third-order valence-electron chi connectivity index (χ3n) is 9.87. The van der Waals surface area contributed by atoms with E-state index in [1.165, 1.54) is 0 Å². The Morgan fingerprint density at radius 2 is 0.808 bits per heavy atom. The van der Waals surface area contributed by atoms with Gasteiger partial charge in [0, 0.05) is 36.3 Å². The average Bonchev–Trinajstić information content (AvgIpc) is 3.44. The number of fused-ring (bicyclic) bond motifs is 2. The number of nitrogens with zero attached hydrogens (tertiary/aromatic N) is 5. The predicted molar refractivity (Wildman–Crippen MR) is 212 cm³/mol. The van der Waals surface area contributed by atoms with Crippen LogP contribution in [-0.4, -0.2) is 24.1 Å². The lowest BCUT2D eigenvalue weighted by Crippen LogP contribution is -2.19. The van der Waals surface area contributed by atoms with Gasteiger partial charge in [0.2, 0.25) is 0 Å². The molecule has 0 spiro atoms. The van der Waals surface area contributed by atoms with Gasteiger partial charge in [-0.15, -0.1) is 0 Å². The normalized spacial score (nSPS) is 11.3. The summed E-state index contributed by atoms with van der Waals surface area (Å²) in [5.41, 5.74) is 11.3. The van der Waals surface area contributed by atoms with Crippen LogP contribution in [0.4, 0.5) is 0 Å². The molecule has 0 fully saturated rings. The Balaban J connectivity index is 1.05. The number of rotatable bonds is 6. The highest BCUT2D eigenvalue weighted by Gasteiger charge is 2.17. The van der Waals surface area contributed by atoms with E-state index in [-0.39, 0.29) is 5.69 Å². The van der Waals surface area contributed by atoms with Crippen LogP contribution in [-0.2, 0) is 14.1 Å². The largest absolute Gasteiger partial charge is 0.328 e. The third-order valence-corrected chi connectivity index (χ3v) is 9.87. The highest BCUT2D eigenvalue weighted by Crippen LogP contribution is 2.38. The van der Waals surface area contributed by atoms with E-state index in [2.05, 4.69) is 91.0 Å². The molecule has 0 radical (unpaired) electrons. The van der Waals surface area contributed by atoms with Crippen LogP contribution in [0.2, 0.25) is 0 Å². The van der Waals surface area contributed by atoms with E-state index >= 15 is 0 Å². The van der Waals surface area contributed by atoms with Crippen LogP contribution in [0.15, 0.2) is 169 Å². The minimum absolute atomic E-state index is 0.0294. The van der Waals surface area contributed by atoms with E-state index in [0.29, 0.717) is 17.5 Å². The Bertz CT molecular complexity index is 2740. The first-order valence-electron chi connectivity index (χ1n) is 17.3. The van der Waals surface area contributed by atoms with Crippen molar-refractivity contribution in [2.45, 2.75) is 0 Å². The highest BCUT2D eigenvalue weighted by molar-refractivity contribution is 6.08. The molecule has 2 heterocycles. The monoisotopic (exact) mass is 671 g/mol. The zero-order valence-corrected chi connectivity index (χ0v) is 28.7. The molecule has 0 aliphatic heterocycles. The lowest BCUT2D eigenvalue weighted by molar-refractivity contribution is 0.795. The lowest BCUT2D eigenvalue weighted by Gasteiger charge is -2.14. The first-order valence-corrected chi connectivity index (χ1v) is 17.3. The Kier molecular flexibility index (Phi) is 7.63. The number of benzene rings is 7. The van der Waals surface area contributed by atoms with Crippen LogP contribution in [0.25, 0.3) is 89.4 Å². The van der Waals surface area contributed by atoms with E-state index in [4.69, 9.17) is 15.0 Å². The van der Waals surface area contributed by atoms with E-state index < -0.39 is 0 Å². The Hall–Kier alpha value is -6.92. The van der Waals surface area contributed by atoms with E-state index in [1.54, 1.807) is 9.13 Å². The van der Waals surface area contributed by atoms with Crippen molar-refractivity contribution in [3.63, 3.8) is 0 Å². The molecular weight excluding hydrogens is 639 g/mol. The van der Waals surface area contributed by atoms with Crippen molar-refractivity contribution in [3.8, 4) is 67.5 Å². The molecule has 248 valence electrons. The van der Waals surface area contributed by atoms with Crippen molar-refractivity contribution in [2.24, 2.45) is 14.1 Å². The van der Waals surface area contributed by atoms with Crippen molar-refractivity contribution in [2.75, 3.05) is 0 Å². The number of hydrogen-bond donors (Lipinski definition) is 0. The van der Waals surface area contributed by atoms with Crippen LogP contribution in [0.1, 0.15) is 0 Å². The van der Waals surface area contributed by atoms with E-state index in [1.807, 2.05) is 86.9 Å². The first-order chi connectivity index (χ1) is 25.5. The molecule has 52 heavy (non-hydrogen) atoms. The average molecular weight is 672 g/mol. The fraction of sp³-hybridized carbons (Fsp3) is 0.0435. The number of para-hydroxylation sites is 1. The predicted octanol–water partition coefficient (Wildman–Crippen LogP) is 10.2. The fourth-order valence-electron chi connectivity index (χ4n) is 7.17. The van der Waals surface area contributed by atoms with Crippen molar-refractivity contribution in [1.29, 1.82) is 0 Å². The second kappa shape index (κ2) is 12.8. The zero-order valence-electron chi connectivity index (χ0n) is 28.7. The lowest BCUT2D eigenvalue weighted by atomic mass is 9.91. The zero-order chi connectivity index (χ0) is 35.2. The molecule has 0 unspecified atom stereocenters. The SMILES string of the molecule is Cn1c(=O)n(C)c2c(-c3ccc(-c4ccc(-c5ccc(-c6nc(-c7ccccc7)nc(-c7ccccc7)n6)cc5)cc4)c4ccccc34)cccc21. The summed E-state index contributed by atoms with van der Waals surface area (Å²) in [4.78, 5) is 27.4. The van der Waals surface area contributed by atoms with Gasteiger partial charge in [-0.1, -0.05) is 158 Å². The molecule has 2 aromatic heterocycles. The van der Waals surface area contributed by atoms with Gasteiger partial charge >= 0.3 is 5.69 Å². The summed E-state index contributed by atoms with van der Waals surface area (Å²) in [5, 5.41) is 2.31. The second-order valence-electron chi connectivity index (χ2n) is 13.0. The maximum atomic E-state index is 12.8. The van der Waals surface area contributed by atoms with Crippen molar-refractivity contribution in [1.82, 2.24) is 24.1 Å². The second-order valence-corrected chi connectivity index (χ2v) is 13.0. The van der Waals surface area contributed by atoms with Crippen LogP contribution >= 0.6 is 0 Å². The summed E-state index contributed by atoms with van der Waals surface area (Å²) in [7, 11) is 3.67. The van der Waals surface area contributed by atoms with Gasteiger partial charge in [-0.3, -0.25) is 9.13 Å². The molecule has 0 atom stereocenters. The molecule has 6 nitrogen and oxygen atoms in total. The smallest absolute Gasteiger partial charge is 0.295 e. The van der Waals surface area contributed by atoms with E-state index in [9.17, 15) is 4.79 Å². The van der Waals surface area contributed by atoms with Gasteiger partial charge < -0.3 is 0 Å². The first kappa shape index (κ1) is 31.1. The Morgan fingerprint density at radius 1 is 0.365 bits per heavy atom. The fourth-order valence-corrected chi connectivity index (χ4v) is 7.17. The molecule has 0 aliphatic rings. The molecule has 9 rings (SSSR count). The summed E-state index contributed by atoms with van der Waals surface area (Å²) < 4.78 is 3.45. The minimum atomic E-state index is -0.0294. The van der Waals surface area contributed by atoms with Gasteiger partial charge in [-0.05, 0) is 44.7 Å². The third kappa shape index (κ3) is 5.38. The summed E-state index contributed by atoms with van der Waals surface area (Å²) >= 11 is 0. The minimum Gasteiger partial charge on any atom is -0.295 e. The number of aryl methyl sites for hydroxylation is 2. The van der Waals surface area contributed by atoms with E-state index in [0.717, 1.165) is 71.9 Å². The van der Waals surface area contributed by atoms with Crippen molar-refractivity contribution < 1.29 is 0 Å². The number of aromatic nitrogens is 5. The molecule has 0 amide bonds. The summed E-state index contributed by atoms with van der Waals surface area (Å²) in [5.74, 6) is 1.93. The van der Waals surface area contributed by atoms with Gasteiger partial charge in [0.15, 0.2) is 17.5 Å². The molecular formula is C46H33N5O. The number of hydrogen-bond acceptors (Lipinski definition) is 4. The summed E-state index contributed by atoms with van der Waals surface area (Å²) in [6, 6.07) is 56.2. The van der Waals surface area contributed by atoms with Crippen LogP contribution < -0.4 is 5.69 Å².